The Bertz CT molecular complexity index is 760. The minimum atomic E-state index is -0.147. The van der Waals surface area contributed by atoms with Gasteiger partial charge in [-0.05, 0) is 30.4 Å². The Hall–Kier alpha value is -2.36. The summed E-state index contributed by atoms with van der Waals surface area (Å²) in [7, 11) is 1.69. The standard InChI is InChI=1S/C19H24N2O2/c1-6-11-23-18-16(12-13(2)3)20-21(5)19(22)17(18)15-10-8-7-9-14(15)4/h6-10,13H,1,11-12H2,2-5H3. The number of rotatable bonds is 6. The molecular formula is C19H24N2O2. The van der Waals surface area contributed by atoms with Gasteiger partial charge in [0.15, 0.2) is 5.75 Å². The molecule has 23 heavy (non-hydrogen) atoms. The predicted molar refractivity (Wildman–Crippen MR) is 93.9 cm³/mol. The van der Waals surface area contributed by atoms with Crippen molar-refractivity contribution in [3.8, 4) is 16.9 Å². The molecule has 0 spiro atoms. The molecule has 4 nitrogen and oxygen atoms in total. The van der Waals surface area contributed by atoms with E-state index in [0.717, 1.165) is 23.2 Å². The average molecular weight is 312 g/mol. The molecule has 0 atom stereocenters. The molecule has 0 unspecified atom stereocenters. The Morgan fingerprint density at radius 3 is 2.65 bits per heavy atom. The van der Waals surface area contributed by atoms with E-state index >= 15 is 0 Å². The normalized spacial score (nSPS) is 10.8. The summed E-state index contributed by atoms with van der Waals surface area (Å²) in [4.78, 5) is 12.7. The van der Waals surface area contributed by atoms with Gasteiger partial charge in [0.1, 0.15) is 12.3 Å². The van der Waals surface area contributed by atoms with Crippen molar-refractivity contribution in [1.29, 1.82) is 0 Å². The zero-order valence-corrected chi connectivity index (χ0v) is 14.3. The molecule has 122 valence electrons. The van der Waals surface area contributed by atoms with E-state index in [2.05, 4.69) is 25.5 Å². The maximum absolute atomic E-state index is 12.7. The summed E-state index contributed by atoms with van der Waals surface area (Å²) in [5.41, 5.74) is 3.17. The van der Waals surface area contributed by atoms with E-state index in [-0.39, 0.29) is 5.56 Å². The SMILES string of the molecule is C=CCOc1c(CC(C)C)nn(C)c(=O)c1-c1ccccc1C. The highest BCUT2D eigenvalue weighted by atomic mass is 16.5. The molecule has 0 radical (unpaired) electrons. The highest BCUT2D eigenvalue weighted by Gasteiger charge is 2.21. The third kappa shape index (κ3) is 3.70. The summed E-state index contributed by atoms with van der Waals surface area (Å²) in [6.07, 6.45) is 2.43. The zero-order valence-electron chi connectivity index (χ0n) is 14.3. The molecule has 0 N–H and O–H groups in total. The monoisotopic (exact) mass is 312 g/mol. The molecule has 1 heterocycles. The van der Waals surface area contributed by atoms with Crippen LogP contribution in [0, 0.1) is 12.8 Å². The van der Waals surface area contributed by atoms with E-state index < -0.39 is 0 Å². The van der Waals surface area contributed by atoms with Gasteiger partial charge in [0, 0.05) is 7.05 Å². The molecular weight excluding hydrogens is 288 g/mol. The fourth-order valence-electron chi connectivity index (χ4n) is 2.58. The maximum Gasteiger partial charge on any atom is 0.278 e. The van der Waals surface area contributed by atoms with E-state index in [1.54, 1.807) is 13.1 Å². The lowest BCUT2D eigenvalue weighted by Gasteiger charge is -2.17. The summed E-state index contributed by atoms with van der Waals surface area (Å²) in [5, 5.41) is 4.43. The molecule has 1 aromatic carbocycles. The van der Waals surface area contributed by atoms with Gasteiger partial charge in [-0.15, -0.1) is 0 Å². The van der Waals surface area contributed by atoms with Gasteiger partial charge in [-0.1, -0.05) is 50.8 Å². The third-order valence-corrected chi connectivity index (χ3v) is 3.63. The van der Waals surface area contributed by atoms with Crippen molar-refractivity contribution in [3.63, 3.8) is 0 Å². The van der Waals surface area contributed by atoms with Crippen molar-refractivity contribution in [2.45, 2.75) is 27.2 Å². The summed E-state index contributed by atoms with van der Waals surface area (Å²) in [6, 6.07) is 7.84. The van der Waals surface area contributed by atoms with Gasteiger partial charge in [-0.2, -0.15) is 5.10 Å². The van der Waals surface area contributed by atoms with Gasteiger partial charge in [0.2, 0.25) is 0 Å². The second-order valence-corrected chi connectivity index (χ2v) is 6.09. The van der Waals surface area contributed by atoms with Crippen LogP contribution in [0.25, 0.3) is 11.1 Å². The van der Waals surface area contributed by atoms with Gasteiger partial charge in [-0.25, -0.2) is 4.68 Å². The fraction of sp³-hybridized carbons (Fsp3) is 0.368. The second-order valence-electron chi connectivity index (χ2n) is 6.09. The van der Waals surface area contributed by atoms with Crippen LogP contribution in [-0.2, 0) is 13.5 Å². The van der Waals surface area contributed by atoms with Crippen LogP contribution in [0.1, 0.15) is 25.1 Å². The fourth-order valence-corrected chi connectivity index (χ4v) is 2.58. The van der Waals surface area contributed by atoms with Crippen LogP contribution in [0.2, 0.25) is 0 Å². The van der Waals surface area contributed by atoms with Crippen LogP contribution >= 0.6 is 0 Å². The van der Waals surface area contributed by atoms with Crippen LogP contribution in [0.3, 0.4) is 0 Å². The molecule has 2 aromatic rings. The Balaban J connectivity index is 2.76. The Kier molecular flexibility index (Phi) is 5.37. The van der Waals surface area contributed by atoms with Gasteiger partial charge in [-0.3, -0.25) is 4.79 Å². The van der Waals surface area contributed by atoms with Crippen LogP contribution in [-0.4, -0.2) is 16.4 Å². The molecule has 0 aliphatic rings. The van der Waals surface area contributed by atoms with Gasteiger partial charge in [0.05, 0.1) is 5.56 Å². The number of benzene rings is 1. The Morgan fingerprint density at radius 2 is 2.04 bits per heavy atom. The van der Waals surface area contributed by atoms with Crippen LogP contribution in [0.4, 0.5) is 0 Å². The summed E-state index contributed by atoms with van der Waals surface area (Å²) < 4.78 is 7.27. The molecule has 0 saturated heterocycles. The van der Waals surface area contributed by atoms with Gasteiger partial charge in [0.25, 0.3) is 5.56 Å². The minimum absolute atomic E-state index is 0.147. The number of hydrogen-bond donors (Lipinski definition) is 0. The van der Waals surface area contributed by atoms with Crippen molar-refractivity contribution >= 4 is 0 Å². The smallest absolute Gasteiger partial charge is 0.278 e. The van der Waals surface area contributed by atoms with Crippen molar-refractivity contribution in [2.75, 3.05) is 6.61 Å². The van der Waals surface area contributed by atoms with E-state index in [9.17, 15) is 4.79 Å². The average Bonchev–Trinajstić information content (AvgIpc) is 2.50. The molecule has 0 aliphatic heterocycles. The van der Waals surface area contributed by atoms with Crippen LogP contribution in [0.15, 0.2) is 41.7 Å². The number of aryl methyl sites for hydroxylation is 2. The zero-order chi connectivity index (χ0) is 17.0. The van der Waals surface area contributed by atoms with Crippen LogP contribution < -0.4 is 10.3 Å². The largest absolute Gasteiger partial charge is 0.487 e. The molecule has 4 heteroatoms. The number of nitrogens with zero attached hydrogens (tertiary/aromatic N) is 2. The van der Waals surface area contributed by atoms with Gasteiger partial charge >= 0.3 is 0 Å². The molecule has 0 aliphatic carbocycles. The lowest BCUT2D eigenvalue weighted by atomic mass is 9.98. The highest BCUT2D eigenvalue weighted by molar-refractivity contribution is 5.73. The van der Waals surface area contributed by atoms with Crippen molar-refractivity contribution in [3.05, 3.63) is 58.5 Å². The molecule has 2 rings (SSSR count). The molecule has 0 bridgehead atoms. The first-order valence-electron chi connectivity index (χ1n) is 7.85. The maximum atomic E-state index is 12.7. The minimum Gasteiger partial charge on any atom is -0.487 e. The highest BCUT2D eigenvalue weighted by Crippen LogP contribution is 2.32. The van der Waals surface area contributed by atoms with E-state index in [1.165, 1.54) is 4.68 Å². The van der Waals surface area contributed by atoms with Crippen molar-refractivity contribution < 1.29 is 4.74 Å². The molecule has 0 amide bonds. The molecule has 0 saturated carbocycles. The third-order valence-electron chi connectivity index (χ3n) is 3.63. The Morgan fingerprint density at radius 1 is 1.35 bits per heavy atom. The lowest BCUT2D eigenvalue weighted by molar-refractivity contribution is 0.351. The van der Waals surface area contributed by atoms with Crippen molar-refractivity contribution in [1.82, 2.24) is 9.78 Å². The first-order valence-corrected chi connectivity index (χ1v) is 7.85. The predicted octanol–water partition coefficient (Wildman–Crippen LogP) is 3.52. The van der Waals surface area contributed by atoms with E-state index in [0.29, 0.717) is 23.8 Å². The number of aromatic nitrogens is 2. The summed E-state index contributed by atoms with van der Waals surface area (Å²) >= 11 is 0. The van der Waals surface area contributed by atoms with Crippen molar-refractivity contribution in [2.24, 2.45) is 13.0 Å². The van der Waals surface area contributed by atoms with Gasteiger partial charge < -0.3 is 4.74 Å². The number of hydrogen-bond acceptors (Lipinski definition) is 3. The topological polar surface area (TPSA) is 44.1 Å². The number of ether oxygens (including phenoxy) is 1. The molecule has 1 aromatic heterocycles. The first kappa shape index (κ1) is 17.0. The Labute approximate surface area is 137 Å². The summed E-state index contributed by atoms with van der Waals surface area (Å²) in [6.45, 7) is 10.3. The molecule has 0 fully saturated rings. The second kappa shape index (κ2) is 7.27. The van der Waals surface area contributed by atoms with Crippen LogP contribution in [0.5, 0.6) is 5.75 Å². The van der Waals surface area contributed by atoms with E-state index in [1.807, 2.05) is 31.2 Å². The first-order chi connectivity index (χ1) is 11.0. The summed E-state index contributed by atoms with van der Waals surface area (Å²) in [5.74, 6) is 0.992. The lowest BCUT2D eigenvalue weighted by Crippen LogP contribution is -2.25. The van der Waals surface area contributed by atoms with E-state index in [4.69, 9.17) is 4.74 Å². The quantitative estimate of drug-likeness (QED) is 0.767.